The van der Waals surface area contributed by atoms with Crippen molar-refractivity contribution in [3.05, 3.63) is 72.3 Å². The average Bonchev–Trinajstić information content (AvgIpc) is 4.08. The largest absolute Gasteiger partial charge is 0.453 e. The molecule has 2 saturated heterocycles. The van der Waals surface area contributed by atoms with E-state index in [2.05, 4.69) is 69.1 Å². The first-order chi connectivity index (χ1) is 28.0. The predicted octanol–water partition coefficient (Wildman–Crippen LogP) is 7.64. The number of hydrogen-bond acceptors (Lipinski definition) is 8. The molecule has 0 bridgehead atoms. The Bertz CT molecular complexity index is 2130. The van der Waals surface area contributed by atoms with Crippen LogP contribution in [0.5, 0.6) is 0 Å². The number of nitrogens with one attached hydrogen (secondary N) is 4. The van der Waals surface area contributed by atoms with E-state index in [0.29, 0.717) is 13.1 Å². The molecule has 58 heavy (non-hydrogen) atoms. The van der Waals surface area contributed by atoms with Gasteiger partial charge >= 0.3 is 12.2 Å². The Morgan fingerprint density at radius 2 is 1.03 bits per heavy atom. The molecule has 14 nitrogen and oxygen atoms in total. The summed E-state index contributed by atoms with van der Waals surface area (Å²) in [6.45, 7) is 9.11. The van der Waals surface area contributed by atoms with Crippen molar-refractivity contribution in [2.75, 3.05) is 27.3 Å². The molecule has 0 radical (unpaired) electrons. The Labute approximate surface area is 338 Å². The number of ether oxygens (including phenoxy) is 2. The first-order valence-electron chi connectivity index (χ1n) is 20.4. The third-order valence-electron chi connectivity index (χ3n) is 12.1. The number of amides is 4. The van der Waals surface area contributed by atoms with Crippen LogP contribution in [0, 0.1) is 11.8 Å². The maximum atomic E-state index is 13.8. The maximum Gasteiger partial charge on any atom is 0.407 e. The number of aromatic nitrogens is 4. The molecule has 4 amide bonds. The number of fused-ring (bicyclic) bond motifs is 2. The summed E-state index contributed by atoms with van der Waals surface area (Å²) >= 11 is 0. The molecule has 306 valence electrons. The molecule has 5 aromatic rings. The van der Waals surface area contributed by atoms with Crippen LogP contribution >= 0.6 is 0 Å². The van der Waals surface area contributed by atoms with E-state index < -0.39 is 24.3 Å². The Morgan fingerprint density at radius 3 is 1.40 bits per heavy atom. The van der Waals surface area contributed by atoms with E-state index in [1.807, 2.05) is 49.6 Å². The highest BCUT2D eigenvalue weighted by atomic mass is 16.5. The number of H-pyrrole nitrogens is 2. The molecule has 14 heteroatoms. The minimum absolute atomic E-state index is 0.0574. The lowest BCUT2D eigenvalue weighted by atomic mass is 9.97. The number of hydrogen-bond donors (Lipinski definition) is 4. The van der Waals surface area contributed by atoms with Gasteiger partial charge in [-0.1, -0.05) is 76.9 Å². The van der Waals surface area contributed by atoms with Gasteiger partial charge in [-0.25, -0.2) is 19.6 Å². The van der Waals surface area contributed by atoms with E-state index >= 15 is 0 Å². The molecule has 3 aromatic carbocycles. The van der Waals surface area contributed by atoms with Crippen LogP contribution in [0.3, 0.4) is 0 Å². The summed E-state index contributed by atoms with van der Waals surface area (Å²) in [6.07, 6.45) is 3.50. The van der Waals surface area contributed by atoms with Crippen molar-refractivity contribution in [1.82, 2.24) is 40.4 Å². The number of alkyl carbamates (subject to hydrolysis) is 2. The smallest absolute Gasteiger partial charge is 0.407 e. The van der Waals surface area contributed by atoms with E-state index in [4.69, 9.17) is 19.4 Å². The number of methoxy groups -OCH3 is 2. The van der Waals surface area contributed by atoms with Crippen molar-refractivity contribution in [3.8, 4) is 22.3 Å². The molecule has 2 fully saturated rings. The molecule has 2 aromatic heterocycles. The third-order valence-corrected chi connectivity index (χ3v) is 12.1. The van der Waals surface area contributed by atoms with Crippen molar-refractivity contribution in [2.45, 2.75) is 90.4 Å². The second-order valence-electron chi connectivity index (χ2n) is 15.7. The van der Waals surface area contributed by atoms with Crippen molar-refractivity contribution < 1.29 is 28.7 Å². The van der Waals surface area contributed by atoms with Gasteiger partial charge in [0, 0.05) is 13.1 Å². The molecule has 7 rings (SSSR count). The van der Waals surface area contributed by atoms with E-state index in [1.54, 1.807) is 0 Å². The fraction of sp³-hybridized carbons (Fsp3) is 0.455. The van der Waals surface area contributed by atoms with Gasteiger partial charge in [0.15, 0.2) is 0 Å². The van der Waals surface area contributed by atoms with Gasteiger partial charge in [0.1, 0.15) is 23.7 Å². The number of carbonyl (C=O) groups is 4. The van der Waals surface area contributed by atoms with Crippen LogP contribution in [0.25, 0.3) is 44.3 Å². The highest BCUT2D eigenvalue weighted by Crippen LogP contribution is 2.36. The first kappa shape index (κ1) is 40.3. The van der Waals surface area contributed by atoms with Crippen LogP contribution < -0.4 is 10.6 Å². The van der Waals surface area contributed by atoms with E-state index in [-0.39, 0.29) is 35.7 Å². The fourth-order valence-corrected chi connectivity index (χ4v) is 8.31. The quantitative estimate of drug-likeness (QED) is 0.0998. The number of imidazole rings is 2. The standard InChI is InChI=1S/C44H54N8O6/c1-7-25(3)37(49-43(55)57-5)41(53)51-21-9-11-35(51)39-45-31-19-17-29(23-33(31)47-39)27-13-15-28(16-14-27)30-18-20-32-34(24-30)48-40(46-32)36-12-10-22-52(36)42(54)38(26(4)8-2)50-44(56)58-6/h13-20,23-26,35-38H,7-12,21-22H2,1-6H3,(H,45,47)(H,46,48)(H,49,55)(H,50,56)/t25?,26?,35-,36-,37-,38-/m0/s1. The van der Waals surface area contributed by atoms with E-state index in [0.717, 1.165) is 94.5 Å². The lowest BCUT2D eigenvalue weighted by molar-refractivity contribution is -0.136. The zero-order valence-electron chi connectivity index (χ0n) is 34.1. The van der Waals surface area contributed by atoms with Crippen LogP contribution in [0.1, 0.15) is 90.0 Å². The molecular formula is C44H54N8O6. The number of nitrogens with zero attached hydrogens (tertiary/aromatic N) is 4. The minimum atomic E-state index is -0.678. The number of likely N-dealkylation sites (tertiary alicyclic amines) is 2. The molecule has 4 heterocycles. The van der Waals surface area contributed by atoms with Gasteiger partial charge in [0.2, 0.25) is 11.8 Å². The molecule has 2 aliphatic rings. The monoisotopic (exact) mass is 790 g/mol. The van der Waals surface area contributed by atoms with Gasteiger partial charge in [0.05, 0.1) is 48.4 Å². The summed E-state index contributed by atoms with van der Waals surface area (Å²) in [5, 5.41) is 5.52. The van der Waals surface area contributed by atoms with Crippen molar-refractivity contribution in [2.24, 2.45) is 11.8 Å². The topological polar surface area (TPSA) is 175 Å². The zero-order valence-corrected chi connectivity index (χ0v) is 34.1. The third kappa shape index (κ3) is 8.09. The summed E-state index contributed by atoms with van der Waals surface area (Å²) < 4.78 is 9.63. The minimum Gasteiger partial charge on any atom is -0.453 e. The summed E-state index contributed by atoms with van der Waals surface area (Å²) in [7, 11) is 2.60. The number of rotatable bonds is 12. The van der Waals surface area contributed by atoms with Gasteiger partial charge in [-0.15, -0.1) is 0 Å². The van der Waals surface area contributed by atoms with Crippen LogP contribution in [0.15, 0.2) is 60.7 Å². The average molecular weight is 791 g/mol. The first-order valence-corrected chi connectivity index (χ1v) is 20.4. The highest BCUT2D eigenvalue weighted by Gasteiger charge is 2.39. The van der Waals surface area contributed by atoms with Crippen LogP contribution in [-0.4, -0.2) is 93.1 Å². The van der Waals surface area contributed by atoms with Gasteiger partial charge in [-0.05, 0) is 84.0 Å². The highest BCUT2D eigenvalue weighted by molar-refractivity contribution is 5.88. The molecule has 2 unspecified atom stereocenters. The summed E-state index contributed by atoms with van der Waals surface area (Å²) in [5.41, 5.74) is 7.61. The Hall–Kier alpha value is -5.92. The van der Waals surface area contributed by atoms with Gasteiger partial charge in [0.25, 0.3) is 0 Å². The summed E-state index contributed by atoms with van der Waals surface area (Å²) in [6, 6.07) is 19.0. The molecular weight excluding hydrogens is 737 g/mol. The van der Waals surface area contributed by atoms with Crippen molar-refractivity contribution >= 4 is 46.1 Å². The maximum absolute atomic E-state index is 13.8. The lowest BCUT2D eigenvalue weighted by Gasteiger charge is -2.30. The van der Waals surface area contributed by atoms with Crippen LogP contribution in [-0.2, 0) is 19.1 Å². The zero-order chi connectivity index (χ0) is 41.1. The Balaban J connectivity index is 1.06. The fourth-order valence-electron chi connectivity index (χ4n) is 8.31. The molecule has 2 aliphatic heterocycles. The van der Waals surface area contributed by atoms with E-state index in [9.17, 15) is 19.2 Å². The van der Waals surface area contributed by atoms with Crippen molar-refractivity contribution in [1.29, 1.82) is 0 Å². The van der Waals surface area contributed by atoms with Crippen molar-refractivity contribution in [3.63, 3.8) is 0 Å². The summed E-state index contributed by atoms with van der Waals surface area (Å²) in [4.78, 5) is 72.3. The Morgan fingerprint density at radius 1 is 0.655 bits per heavy atom. The second-order valence-corrected chi connectivity index (χ2v) is 15.7. The number of benzene rings is 3. The van der Waals surface area contributed by atoms with E-state index in [1.165, 1.54) is 14.2 Å². The number of aromatic amines is 2. The number of carbonyl (C=O) groups excluding carboxylic acids is 4. The van der Waals surface area contributed by atoms with Gasteiger partial charge in [-0.3, -0.25) is 9.59 Å². The molecule has 6 atom stereocenters. The Kier molecular flexibility index (Phi) is 12.0. The SMILES string of the molecule is CCC(C)[C@H](NC(=O)OC)C(=O)N1CCC[C@H]1c1nc2ccc(-c3ccc(-c4ccc5nc([C@@H]6CCCN6C(=O)[C@@H](NC(=O)OC)C(C)CC)[nH]c5c4)cc3)cc2[nH]1. The second kappa shape index (κ2) is 17.3. The van der Waals surface area contributed by atoms with Gasteiger partial charge < -0.3 is 39.9 Å². The van der Waals surface area contributed by atoms with Crippen LogP contribution in [0.2, 0.25) is 0 Å². The summed E-state index contributed by atoms with van der Waals surface area (Å²) in [5.74, 6) is 1.12. The van der Waals surface area contributed by atoms with Gasteiger partial charge in [-0.2, -0.15) is 0 Å². The molecule has 0 spiro atoms. The lowest BCUT2D eigenvalue weighted by Crippen LogP contribution is -2.51. The molecule has 0 saturated carbocycles. The van der Waals surface area contributed by atoms with Crippen LogP contribution in [0.4, 0.5) is 9.59 Å². The predicted molar refractivity (Wildman–Crippen MR) is 222 cm³/mol. The molecule has 4 N–H and O–H groups in total. The molecule has 0 aliphatic carbocycles. The normalized spacial score (nSPS) is 18.9.